The van der Waals surface area contributed by atoms with E-state index in [1.165, 1.54) is 6.07 Å². The number of halogens is 1. The number of nitrogens with one attached hydrogen (secondary N) is 1. The molecule has 1 atom stereocenters. The van der Waals surface area contributed by atoms with E-state index in [2.05, 4.69) is 46.8 Å². The van der Waals surface area contributed by atoms with Crippen molar-refractivity contribution in [1.29, 1.82) is 0 Å². The molecular formula is C22H19FN2. The second kappa shape index (κ2) is 6.44. The van der Waals surface area contributed by atoms with Gasteiger partial charge in [0, 0.05) is 11.8 Å². The molecular weight excluding hydrogens is 311 g/mol. The third-order valence-corrected chi connectivity index (χ3v) is 4.57. The van der Waals surface area contributed by atoms with Crippen molar-refractivity contribution >= 4 is 5.69 Å². The molecule has 0 saturated carbocycles. The molecule has 1 aliphatic rings. The fraction of sp³-hybridized carbons (Fsp3) is 0.0909. The van der Waals surface area contributed by atoms with Gasteiger partial charge in [0.15, 0.2) is 0 Å². The van der Waals surface area contributed by atoms with Gasteiger partial charge in [0.25, 0.3) is 0 Å². The molecule has 3 aromatic carbocycles. The fourth-order valence-corrected chi connectivity index (χ4v) is 3.26. The van der Waals surface area contributed by atoms with E-state index in [0.717, 1.165) is 22.4 Å². The Kier molecular flexibility index (Phi) is 3.98. The molecule has 1 heterocycles. The Balaban J connectivity index is 1.75. The molecule has 0 radical (unpaired) electrons. The predicted octanol–water partition coefficient (Wildman–Crippen LogP) is 5.38. The molecule has 1 N–H and O–H groups in total. The lowest BCUT2D eigenvalue weighted by Gasteiger charge is -2.27. The molecule has 0 fully saturated rings. The summed E-state index contributed by atoms with van der Waals surface area (Å²) < 4.78 is 14.3. The number of nitrogens with zero attached hydrogens (tertiary/aromatic N) is 1. The van der Waals surface area contributed by atoms with Crippen molar-refractivity contribution in [2.45, 2.75) is 13.0 Å². The van der Waals surface area contributed by atoms with Gasteiger partial charge in [0.05, 0.1) is 11.7 Å². The molecule has 124 valence electrons. The van der Waals surface area contributed by atoms with Crippen molar-refractivity contribution < 1.29 is 4.39 Å². The van der Waals surface area contributed by atoms with Gasteiger partial charge < -0.3 is 5.43 Å². The van der Waals surface area contributed by atoms with Gasteiger partial charge >= 0.3 is 0 Å². The summed E-state index contributed by atoms with van der Waals surface area (Å²) in [4.78, 5) is 0. The smallest absolute Gasteiger partial charge is 0.131 e. The zero-order valence-electron chi connectivity index (χ0n) is 14.0. The minimum atomic E-state index is -0.192. The van der Waals surface area contributed by atoms with Crippen molar-refractivity contribution in [2.24, 2.45) is 0 Å². The van der Waals surface area contributed by atoms with E-state index >= 15 is 0 Å². The average Bonchev–Trinajstić information content (AvgIpc) is 3.13. The highest BCUT2D eigenvalue weighted by molar-refractivity contribution is 5.69. The second-order valence-electron chi connectivity index (χ2n) is 6.19. The lowest BCUT2D eigenvalue weighted by molar-refractivity contribution is 0.631. The van der Waals surface area contributed by atoms with Crippen LogP contribution in [0.1, 0.15) is 17.2 Å². The monoisotopic (exact) mass is 330 g/mol. The molecule has 0 spiro atoms. The fourth-order valence-electron chi connectivity index (χ4n) is 3.26. The molecule has 4 rings (SSSR count). The van der Waals surface area contributed by atoms with Crippen LogP contribution in [-0.2, 0) is 0 Å². The lowest BCUT2D eigenvalue weighted by atomic mass is 9.95. The van der Waals surface area contributed by atoms with E-state index in [4.69, 9.17) is 0 Å². The minimum Gasteiger partial charge on any atom is -0.305 e. The summed E-state index contributed by atoms with van der Waals surface area (Å²) in [5, 5.41) is 2.11. The SMILES string of the molecule is Cc1ccc(C2C=CNN2c2ccccc2)cc1-c1ccccc1F. The van der Waals surface area contributed by atoms with Crippen LogP contribution in [0.3, 0.4) is 0 Å². The van der Waals surface area contributed by atoms with Crippen LogP contribution in [0, 0.1) is 12.7 Å². The summed E-state index contributed by atoms with van der Waals surface area (Å²) in [6.07, 6.45) is 4.06. The van der Waals surface area contributed by atoms with Gasteiger partial charge in [-0.15, -0.1) is 0 Å². The lowest BCUT2D eigenvalue weighted by Crippen LogP contribution is -2.32. The Bertz CT molecular complexity index is 918. The molecule has 3 heteroatoms. The van der Waals surface area contributed by atoms with E-state index in [-0.39, 0.29) is 11.9 Å². The van der Waals surface area contributed by atoms with Gasteiger partial charge in [0.2, 0.25) is 0 Å². The minimum absolute atomic E-state index is 0.0634. The van der Waals surface area contributed by atoms with Crippen molar-refractivity contribution in [2.75, 3.05) is 5.01 Å². The summed E-state index contributed by atoms with van der Waals surface area (Å²) in [6.45, 7) is 2.02. The molecule has 3 aromatic rings. The summed E-state index contributed by atoms with van der Waals surface area (Å²) in [6, 6.07) is 23.4. The van der Waals surface area contributed by atoms with Crippen molar-refractivity contribution in [1.82, 2.24) is 5.43 Å². The normalized spacial score (nSPS) is 16.1. The third kappa shape index (κ3) is 2.89. The third-order valence-electron chi connectivity index (χ3n) is 4.57. The Morgan fingerprint density at radius 3 is 2.44 bits per heavy atom. The van der Waals surface area contributed by atoms with Gasteiger partial charge in [-0.05, 0) is 54.0 Å². The molecule has 0 bridgehead atoms. The second-order valence-corrected chi connectivity index (χ2v) is 6.19. The van der Waals surface area contributed by atoms with Crippen LogP contribution in [0.25, 0.3) is 11.1 Å². The van der Waals surface area contributed by atoms with E-state index in [1.807, 2.05) is 43.5 Å². The van der Waals surface area contributed by atoms with Gasteiger partial charge in [-0.1, -0.05) is 48.5 Å². The van der Waals surface area contributed by atoms with E-state index in [9.17, 15) is 4.39 Å². The number of hydrogen-bond donors (Lipinski definition) is 1. The maximum Gasteiger partial charge on any atom is 0.131 e. The zero-order valence-corrected chi connectivity index (χ0v) is 14.0. The van der Waals surface area contributed by atoms with Crippen LogP contribution in [-0.4, -0.2) is 0 Å². The first-order valence-electron chi connectivity index (χ1n) is 8.36. The standard InChI is InChI=1S/C22H19FN2/c1-16-11-12-17(15-20(16)19-9-5-6-10-21(19)23)22-13-14-24-25(22)18-7-3-2-4-8-18/h2-15,22,24H,1H3. The van der Waals surface area contributed by atoms with Gasteiger partial charge in [0.1, 0.15) is 5.82 Å². The quantitative estimate of drug-likeness (QED) is 0.693. The summed E-state index contributed by atoms with van der Waals surface area (Å²) >= 11 is 0. The molecule has 0 aliphatic carbocycles. The first-order valence-corrected chi connectivity index (χ1v) is 8.36. The highest BCUT2D eigenvalue weighted by Gasteiger charge is 2.22. The van der Waals surface area contributed by atoms with Crippen LogP contribution >= 0.6 is 0 Å². The largest absolute Gasteiger partial charge is 0.305 e. The topological polar surface area (TPSA) is 15.3 Å². The zero-order chi connectivity index (χ0) is 17.2. The number of hydrogen-bond acceptors (Lipinski definition) is 2. The predicted molar refractivity (Wildman–Crippen MR) is 101 cm³/mol. The number of rotatable bonds is 3. The summed E-state index contributed by atoms with van der Waals surface area (Å²) in [7, 11) is 0. The molecule has 2 nitrogen and oxygen atoms in total. The maximum atomic E-state index is 14.3. The van der Waals surface area contributed by atoms with Crippen LogP contribution in [0.2, 0.25) is 0 Å². The van der Waals surface area contributed by atoms with Crippen LogP contribution in [0.15, 0.2) is 85.1 Å². The highest BCUT2D eigenvalue weighted by Crippen LogP contribution is 2.34. The number of benzene rings is 3. The molecule has 0 saturated heterocycles. The molecule has 0 aromatic heterocycles. The molecule has 1 unspecified atom stereocenters. The van der Waals surface area contributed by atoms with Crippen LogP contribution in [0.4, 0.5) is 10.1 Å². The maximum absolute atomic E-state index is 14.3. The average molecular weight is 330 g/mol. The Morgan fingerprint density at radius 2 is 1.64 bits per heavy atom. The van der Waals surface area contributed by atoms with Crippen molar-refractivity contribution in [3.63, 3.8) is 0 Å². The number of hydrazine groups is 1. The van der Waals surface area contributed by atoms with E-state index in [0.29, 0.717) is 5.56 Å². The van der Waals surface area contributed by atoms with Gasteiger partial charge in [-0.2, -0.15) is 0 Å². The molecule has 1 aliphatic heterocycles. The Hall–Kier alpha value is -3.07. The highest BCUT2D eigenvalue weighted by atomic mass is 19.1. The summed E-state index contributed by atoms with van der Waals surface area (Å²) in [5.41, 5.74) is 8.13. The van der Waals surface area contributed by atoms with E-state index < -0.39 is 0 Å². The van der Waals surface area contributed by atoms with Gasteiger partial charge in [-0.25, -0.2) is 4.39 Å². The van der Waals surface area contributed by atoms with Crippen molar-refractivity contribution in [3.05, 3.63) is 102 Å². The molecule has 0 amide bonds. The Morgan fingerprint density at radius 1 is 0.880 bits per heavy atom. The van der Waals surface area contributed by atoms with Crippen LogP contribution in [0.5, 0.6) is 0 Å². The van der Waals surface area contributed by atoms with E-state index in [1.54, 1.807) is 6.07 Å². The van der Waals surface area contributed by atoms with Crippen molar-refractivity contribution in [3.8, 4) is 11.1 Å². The number of para-hydroxylation sites is 1. The first kappa shape index (κ1) is 15.5. The first-order chi connectivity index (χ1) is 12.2. The molecule has 25 heavy (non-hydrogen) atoms. The number of aryl methyl sites for hydroxylation is 1. The number of anilines is 1. The van der Waals surface area contributed by atoms with Crippen LogP contribution < -0.4 is 10.4 Å². The Labute approximate surface area is 147 Å². The van der Waals surface area contributed by atoms with Gasteiger partial charge in [-0.3, -0.25) is 5.01 Å². The summed E-state index contributed by atoms with van der Waals surface area (Å²) in [5.74, 6) is -0.192.